The van der Waals surface area contributed by atoms with Gasteiger partial charge >= 0.3 is 0 Å². The Balaban J connectivity index is 0.00000208. The second-order valence-electron chi connectivity index (χ2n) is 6.07. The van der Waals surface area contributed by atoms with Gasteiger partial charge in [-0.25, -0.2) is 0 Å². The molecule has 6 nitrogen and oxygen atoms in total. The second kappa shape index (κ2) is 8.09. The molecule has 1 atom stereocenters. The summed E-state index contributed by atoms with van der Waals surface area (Å²) < 4.78 is 0. The Morgan fingerprint density at radius 2 is 2.12 bits per heavy atom. The first kappa shape index (κ1) is 18.9. The molecule has 2 aliphatic rings. The summed E-state index contributed by atoms with van der Waals surface area (Å²) in [6.45, 7) is 4.70. The topological polar surface area (TPSA) is 69.7 Å². The number of hydrogen-bond donors (Lipinski definition) is 1. The molecular weight excluding hydrogens is 350 g/mol. The van der Waals surface area contributed by atoms with Crippen molar-refractivity contribution in [2.45, 2.75) is 25.8 Å². The highest BCUT2D eigenvalue weighted by Gasteiger charge is 2.32. The number of halogens is 1. The zero-order valence-electron chi connectivity index (χ0n) is 13.6. The summed E-state index contributed by atoms with van der Waals surface area (Å²) in [6.07, 6.45) is 1.84. The van der Waals surface area contributed by atoms with Crippen LogP contribution in [0, 0.1) is 0 Å². The summed E-state index contributed by atoms with van der Waals surface area (Å²) in [5, 5.41) is 4.81. The van der Waals surface area contributed by atoms with Crippen LogP contribution in [0.1, 0.15) is 39.8 Å². The Kier molecular flexibility index (Phi) is 6.37. The van der Waals surface area contributed by atoms with E-state index < -0.39 is 0 Å². The summed E-state index contributed by atoms with van der Waals surface area (Å²) in [5.41, 5.74) is 0.587. The number of amides is 2. The van der Waals surface area contributed by atoms with Gasteiger partial charge in [0.25, 0.3) is 5.91 Å². The van der Waals surface area contributed by atoms with Gasteiger partial charge in [-0.3, -0.25) is 14.4 Å². The Morgan fingerprint density at radius 1 is 1.33 bits per heavy atom. The summed E-state index contributed by atoms with van der Waals surface area (Å²) in [5.74, 6) is 0.0588. The molecule has 2 saturated heterocycles. The molecule has 132 valence electrons. The fraction of sp³-hybridized carbons (Fsp3) is 0.562. The number of thiophene rings is 1. The lowest BCUT2D eigenvalue weighted by Gasteiger charge is -2.41. The molecule has 8 heteroatoms. The third kappa shape index (κ3) is 3.96. The van der Waals surface area contributed by atoms with E-state index in [1.165, 1.54) is 18.3 Å². The highest BCUT2D eigenvalue weighted by molar-refractivity contribution is 7.12. The van der Waals surface area contributed by atoms with E-state index >= 15 is 0 Å². The van der Waals surface area contributed by atoms with E-state index in [2.05, 4.69) is 5.32 Å². The number of likely N-dealkylation sites (tertiary alicyclic amines) is 1. The number of rotatable bonds is 3. The maximum Gasteiger partial charge on any atom is 0.264 e. The van der Waals surface area contributed by atoms with Gasteiger partial charge in [-0.15, -0.1) is 23.7 Å². The first-order chi connectivity index (χ1) is 11.1. The van der Waals surface area contributed by atoms with Crippen molar-refractivity contribution in [1.29, 1.82) is 0 Å². The maximum atomic E-state index is 12.7. The van der Waals surface area contributed by atoms with Crippen LogP contribution in [0.15, 0.2) is 11.4 Å². The molecule has 24 heavy (non-hydrogen) atoms. The van der Waals surface area contributed by atoms with Gasteiger partial charge in [0.2, 0.25) is 5.91 Å². The maximum absolute atomic E-state index is 12.7. The minimum atomic E-state index is -0.0326. The molecule has 1 aromatic heterocycles. The van der Waals surface area contributed by atoms with Gasteiger partial charge in [0.1, 0.15) is 0 Å². The fourth-order valence-electron chi connectivity index (χ4n) is 3.19. The van der Waals surface area contributed by atoms with Crippen molar-refractivity contribution in [2.24, 2.45) is 0 Å². The minimum Gasteiger partial charge on any atom is -0.336 e. The molecule has 1 unspecified atom stereocenters. The van der Waals surface area contributed by atoms with Crippen molar-refractivity contribution < 1.29 is 14.4 Å². The number of carbonyl (C=O) groups is 3. The lowest BCUT2D eigenvalue weighted by atomic mass is 10.0. The zero-order chi connectivity index (χ0) is 16.4. The molecule has 1 aromatic rings. The van der Waals surface area contributed by atoms with Crippen LogP contribution in [0.5, 0.6) is 0 Å². The van der Waals surface area contributed by atoms with Crippen molar-refractivity contribution in [3.05, 3.63) is 21.9 Å². The summed E-state index contributed by atoms with van der Waals surface area (Å²) in [4.78, 5) is 40.4. The van der Waals surface area contributed by atoms with E-state index in [0.29, 0.717) is 36.6 Å². The first-order valence-corrected chi connectivity index (χ1v) is 8.83. The highest BCUT2D eigenvalue weighted by Crippen LogP contribution is 2.22. The fourth-order valence-corrected chi connectivity index (χ4v) is 4.10. The van der Waals surface area contributed by atoms with Crippen LogP contribution in [0.3, 0.4) is 0 Å². The van der Waals surface area contributed by atoms with Crippen molar-refractivity contribution in [1.82, 2.24) is 15.1 Å². The van der Waals surface area contributed by atoms with Crippen molar-refractivity contribution in [3.63, 3.8) is 0 Å². The standard InChI is InChI=1S/C16H21N3O3S.ClH/c1-11(20)12-7-14(23-10-12)16(22)18-5-2-3-13(9-18)19-6-4-17-8-15(19)21;/h7,10,13,17H,2-6,8-9H2,1H3;1H. The van der Waals surface area contributed by atoms with Crippen molar-refractivity contribution in [3.8, 4) is 0 Å². The molecule has 1 N–H and O–H groups in total. The lowest BCUT2D eigenvalue weighted by Crippen LogP contribution is -2.57. The van der Waals surface area contributed by atoms with E-state index in [0.717, 1.165) is 19.4 Å². The zero-order valence-corrected chi connectivity index (χ0v) is 15.3. The average molecular weight is 372 g/mol. The Bertz CT molecular complexity index is 634. The number of piperazine rings is 1. The number of carbonyl (C=O) groups excluding carboxylic acids is 3. The second-order valence-corrected chi connectivity index (χ2v) is 6.98. The SMILES string of the molecule is CC(=O)c1csc(C(=O)N2CCCC(N3CCNCC3=O)C2)c1.Cl. The van der Waals surface area contributed by atoms with E-state index in [4.69, 9.17) is 0 Å². The van der Waals surface area contributed by atoms with E-state index in [1.54, 1.807) is 11.4 Å². The number of nitrogens with zero attached hydrogens (tertiary/aromatic N) is 2. The number of Topliss-reactive ketones (excluding diaryl/α,β-unsaturated/α-hetero) is 1. The predicted octanol–water partition coefficient (Wildman–Crippen LogP) is 1.41. The number of piperidine rings is 1. The average Bonchev–Trinajstić information content (AvgIpc) is 3.05. The van der Waals surface area contributed by atoms with Crippen LogP contribution < -0.4 is 5.32 Å². The minimum absolute atomic E-state index is 0. The quantitative estimate of drug-likeness (QED) is 0.815. The first-order valence-electron chi connectivity index (χ1n) is 7.95. The Hall–Kier alpha value is -1.44. The van der Waals surface area contributed by atoms with Crippen LogP contribution in [0.4, 0.5) is 0 Å². The summed E-state index contributed by atoms with van der Waals surface area (Å²) in [6, 6.07) is 1.78. The van der Waals surface area contributed by atoms with Gasteiger partial charge in [0.15, 0.2) is 5.78 Å². The molecule has 0 spiro atoms. The van der Waals surface area contributed by atoms with Gasteiger partial charge in [-0.2, -0.15) is 0 Å². The molecule has 0 saturated carbocycles. The normalized spacial score (nSPS) is 21.4. The predicted molar refractivity (Wildman–Crippen MR) is 95.1 cm³/mol. The van der Waals surface area contributed by atoms with Crippen molar-refractivity contribution >= 4 is 41.3 Å². The number of hydrogen-bond acceptors (Lipinski definition) is 5. The van der Waals surface area contributed by atoms with Crippen LogP contribution in [-0.4, -0.2) is 66.2 Å². The molecule has 0 aliphatic carbocycles. The van der Waals surface area contributed by atoms with Gasteiger partial charge in [0.05, 0.1) is 11.4 Å². The largest absolute Gasteiger partial charge is 0.336 e. The van der Waals surface area contributed by atoms with E-state index in [1.807, 2.05) is 9.80 Å². The smallest absolute Gasteiger partial charge is 0.264 e. The van der Waals surface area contributed by atoms with E-state index in [-0.39, 0.29) is 36.0 Å². The highest BCUT2D eigenvalue weighted by atomic mass is 35.5. The molecule has 3 heterocycles. The molecule has 2 aliphatic heterocycles. The Labute approximate surface area is 151 Å². The molecule has 0 aromatic carbocycles. The lowest BCUT2D eigenvalue weighted by molar-refractivity contribution is -0.135. The summed E-state index contributed by atoms with van der Waals surface area (Å²) >= 11 is 1.31. The van der Waals surface area contributed by atoms with Gasteiger partial charge < -0.3 is 15.1 Å². The third-order valence-electron chi connectivity index (χ3n) is 4.47. The van der Waals surface area contributed by atoms with Crippen LogP contribution >= 0.6 is 23.7 Å². The van der Waals surface area contributed by atoms with Gasteiger partial charge in [-0.05, 0) is 25.8 Å². The third-order valence-corrected chi connectivity index (χ3v) is 5.39. The van der Waals surface area contributed by atoms with Gasteiger partial charge in [-0.1, -0.05) is 0 Å². The molecular formula is C16H22ClN3O3S. The molecule has 0 bridgehead atoms. The van der Waals surface area contributed by atoms with Crippen LogP contribution in [0.2, 0.25) is 0 Å². The van der Waals surface area contributed by atoms with Crippen molar-refractivity contribution in [2.75, 3.05) is 32.7 Å². The number of nitrogens with one attached hydrogen (secondary N) is 1. The molecule has 2 fully saturated rings. The monoisotopic (exact) mass is 371 g/mol. The van der Waals surface area contributed by atoms with Crippen LogP contribution in [0.25, 0.3) is 0 Å². The molecule has 3 rings (SSSR count). The van der Waals surface area contributed by atoms with Gasteiger partial charge in [0, 0.05) is 43.2 Å². The number of ketones is 1. The molecule has 2 amide bonds. The molecule has 0 radical (unpaired) electrons. The van der Waals surface area contributed by atoms with E-state index in [9.17, 15) is 14.4 Å². The Morgan fingerprint density at radius 3 is 2.79 bits per heavy atom. The summed E-state index contributed by atoms with van der Waals surface area (Å²) in [7, 11) is 0. The van der Waals surface area contributed by atoms with Crippen LogP contribution in [-0.2, 0) is 4.79 Å².